The molecule has 2 aliphatic carbocycles. The Labute approximate surface area is 153 Å². The molecule has 1 aromatic rings. The Morgan fingerprint density at radius 2 is 1.72 bits per heavy atom. The van der Waals surface area contributed by atoms with Gasteiger partial charge in [-0.05, 0) is 86.3 Å². The normalized spacial score (nSPS) is 35.0. The Morgan fingerprint density at radius 1 is 1.00 bits per heavy atom. The molecule has 3 aliphatic rings. The van der Waals surface area contributed by atoms with Crippen LogP contribution in [0.15, 0.2) is 24.3 Å². The van der Waals surface area contributed by atoms with E-state index in [1.165, 1.54) is 50.5 Å². The number of hydrogen-bond acceptors (Lipinski definition) is 2. The number of ether oxygens (including phenoxy) is 2. The van der Waals surface area contributed by atoms with Crippen molar-refractivity contribution in [1.82, 2.24) is 0 Å². The zero-order chi connectivity index (χ0) is 17.4. The third-order valence-corrected chi connectivity index (χ3v) is 6.75. The minimum absolute atomic E-state index is 0.403. The molecular weight excluding hydrogens is 308 g/mol. The van der Waals surface area contributed by atoms with Gasteiger partial charge < -0.3 is 9.47 Å². The summed E-state index contributed by atoms with van der Waals surface area (Å²) in [7, 11) is 0. The second-order valence-corrected chi connectivity index (χ2v) is 9.06. The molecule has 6 unspecified atom stereocenters. The van der Waals surface area contributed by atoms with Gasteiger partial charge in [-0.1, -0.05) is 32.9 Å². The molecule has 6 atom stereocenters. The monoisotopic (exact) mass is 342 g/mol. The molecule has 4 rings (SSSR count). The van der Waals surface area contributed by atoms with Crippen LogP contribution in [0.1, 0.15) is 77.2 Å². The van der Waals surface area contributed by atoms with Crippen LogP contribution < -0.4 is 4.74 Å². The van der Waals surface area contributed by atoms with E-state index in [9.17, 15) is 0 Å². The smallest absolute Gasteiger partial charge is 0.119 e. The van der Waals surface area contributed by atoms with Crippen molar-refractivity contribution in [2.24, 2.45) is 17.8 Å². The van der Waals surface area contributed by atoms with E-state index in [-0.39, 0.29) is 0 Å². The third-order valence-electron chi connectivity index (χ3n) is 6.75. The highest BCUT2D eigenvalue weighted by Crippen LogP contribution is 2.48. The summed E-state index contributed by atoms with van der Waals surface area (Å²) in [6.07, 6.45) is 10.4. The van der Waals surface area contributed by atoms with Gasteiger partial charge in [0.25, 0.3) is 0 Å². The van der Waals surface area contributed by atoms with Gasteiger partial charge in [0.1, 0.15) is 5.75 Å². The molecule has 1 aromatic carbocycles. The van der Waals surface area contributed by atoms with E-state index < -0.39 is 0 Å². The van der Waals surface area contributed by atoms with Crippen molar-refractivity contribution in [1.29, 1.82) is 0 Å². The van der Waals surface area contributed by atoms with Gasteiger partial charge in [-0.2, -0.15) is 0 Å². The maximum atomic E-state index is 6.36. The molecule has 2 nitrogen and oxygen atoms in total. The SMILES string of the molecule is CCC(CC(C)C)c1ccc(OC2CCC3CC4OC4CC3C2)cc1. The zero-order valence-corrected chi connectivity index (χ0v) is 16.1. The Morgan fingerprint density at radius 3 is 2.40 bits per heavy atom. The van der Waals surface area contributed by atoms with Gasteiger partial charge in [-0.3, -0.25) is 0 Å². The molecule has 0 bridgehead atoms. The van der Waals surface area contributed by atoms with Crippen LogP contribution in [-0.2, 0) is 4.74 Å². The molecule has 0 N–H and O–H groups in total. The minimum Gasteiger partial charge on any atom is -0.490 e. The van der Waals surface area contributed by atoms with E-state index in [1.54, 1.807) is 0 Å². The van der Waals surface area contributed by atoms with E-state index in [0.29, 0.717) is 24.2 Å². The standard InChI is InChI=1S/C23H34O2/c1-4-16(11-15(2)3)17-5-8-20(9-6-17)24-21-10-7-18-13-22-23(25-22)14-19(18)12-21/h5-6,8-9,15-16,18-19,21-23H,4,7,10-14H2,1-3H3. The van der Waals surface area contributed by atoms with Crippen LogP contribution in [0.4, 0.5) is 0 Å². The summed E-state index contributed by atoms with van der Waals surface area (Å²) in [4.78, 5) is 0. The van der Waals surface area contributed by atoms with E-state index in [1.807, 2.05) is 0 Å². The molecule has 138 valence electrons. The number of epoxide rings is 1. The van der Waals surface area contributed by atoms with Crippen molar-refractivity contribution < 1.29 is 9.47 Å². The van der Waals surface area contributed by atoms with Gasteiger partial charge in [0.2, 0.25) is 0 Å². The van der Waals surface area contributed by atoms with Crippen molar-refractivity contribution in [3.63, 3.8) is 0 Å². The van der Waals surface area contributed by atoms with Gasteiger partial charge in [-0.15, -0.1) is 0 Å². The summed E-state index contributed by atoms with van der Waals surface area (Å²) in [6, 6.07) is 8.98. The van der Waals surface area contributed by atoms with E-state index in [4.69, 9.17) is 9.47 Å². The van der Waals surface area contributed by atoms with Gasteiger partial charge >= 0.3 is 0 Å². The fourth-order valence-electron chi connectivity index (χ4n) is 5.30. The fraction of sp³-hybridized carbons (Fsp3) is 0.739. The fourth-order valence-corrected chi connectivity index (χ4v) is 5.30. The predicted molar refractivity (Wildman–Crippen MR) is 102 cm³/mol. The van der Waals surface area contributed by atoms with Gasteiger partial charge in [0.15, 0.2) is 0 Å². The lowest BCUT2D eigenvalue weighted by atomic mass is 9.70. The Balaban J connectivity index is 1.33. The van der Waals surface area contributed by atoms with Crippen LogP contribution in [0.3, 0.4) is 0 Å². The molecule has 1 saturated heterocycles. The van der Waals surface area contributed by atoms with Crippen molar-refractivity contribution in [2.75, 3.05) is 0 Å². The first-order valence-corrected chi connectivity index (χ1v) is 10.5. The van der Waals surface area contributed by atoms with Gasteiger partial charge in [-0.25, -0.2) is 0 Å². The van der Waals surface area contributed by atoms with Crippen molar-refractivity contribution in [3.05, 3.63) is 29.8 Å². The summed E-state index contributed by atoms with van der Waals surface area (Å²) in [5, 5.41) is 0. The molecule has 0 aromatic heterocycles. The van der Waals surface area contributed by atoms with Gasteiger partial charge in [0, 0.05) is 0 Å². The first kappa shape index (κ1) is 17.4. The summed E-state index contributed by atoms with van der Waals surface area (Å²) in [6.45, 7) is 6.93. The maximum absolute atomic E-state index is 6.36. The van der Waals surface area contributed by atoms with Crippen LogP contribution in [0.2, 0.25) is 0 Å². The molecule has 0 spiro atoms. The second kappa shape index (κ2) is 7.31. The number of rotatable bonds is 6. The molecule has 3 fully saturated rings. The first-order valence-electron chi connectivity index (χ1n) is 10.5. The molecular formula is C23H34O2. The number of fused-ring (bicyclic) bond motifs is 2. The van der Waals surface area contributed by atoms with Crippen molar-refractivity contribution in [3.8, 4) is 5.75 Å². The highest BCUT2D eigenvalue weighted by molar-refractivity contribution is 5.29. The minimum atomic E-state index is 0.403. The molecule has 2 saturated carbocycles. The lowest BCUT2D eigenvalue weighted by Gasteiger charge is -2.37. The lowest BCUT2D eigenvalue weighted by Crippen LogP contribution is -2.35. The number of benzene rings is 1. The van der Waals surface area contributed by atoms with Crippen molar-refractivity contribution >= 4 is 0 Å². The summed E-state index contributed by atoms with van der Waals surface area (Å²) < 4.78 is 12.1. The first-order chi connectivity index (χ1) is 12.1. The summed E-state index contributed by atoms with van der Waals surface area (Å²) >= 11 is 0. The van der Waals surface area contributed by atoms with Crippen LogP contribution >= 0.6 is 0 Å². The lowest BCUT2D eigenvalue weighted by molar-refractivity contribution is 0.0718. The quantitative estimate of drug-likeness (QED) is 0.596. The Bertz CT molecular complexity index is 564. The zero-order valence-electron chi connectivity index (χ0n) is 16.1. The average Bonchev–Trinajstić information content (AvgIpc) is 3.36. The molecule has 0 radical (unpaired) electrons. The predicted octanol–water partition coefficient (Wildman–Crippen LogP) is 5.95. The Kier molecular flexibility index (Phi) is 5.08. The summed E-state index contributed by atoms with van der Waals surface area (Å²) in [5.41, 5.74) is 1.47. The van der Waals surface area contributed by atoms with E-state index in [2.05, 4.69) is 45.0 Å². The maximum Gasteiger partial charge on any atom is 0.119 e. The van der Waals surface area contributed by atoms with Crippen LogP contribution in [-0.4, -0.2) is 18.3 Å². The second-order valence-electron chi connectivity index (χ2n) is 9.06. The molecule has 1 heterocycles. The number of hydrogen-bond donors (Lipinski definition) is 0. The largest absolute Gasteiger partial charge is 0.490 e. The molecule has 0 amide bonds. The van der Waals surface area contributed by atoms with E-state index >= 15 is 0 Å². The van der Waals surface area contributed by atoms with Crippen molar-refractivity contribution in [2.45, 2.75) is 89.9 Å². The topological polar surface area (TPSA) is 21.8 Å². The highest BCUT2D eigenvalue weighted by Gasteiger charge is 2.49. The van der Waals surface area contributed by atoms with Crippen LogP contribution in [0, 0.1) is 17.8 Å². The van der Waals surface area contributed by atoms with E-state index in [0.717, 1.165) is 23.5 Å². The average molecular weight is 343 g/mol. The molecule has 1 aliphatic heterocycles. The Hall–Kier alpha value is -1.02. The van der Waals surface area contributed by atoms with Gasteiger partial charge in [0.05, 0.1) is 18.3 Å². The van der Waals surface area contributed by atoms with Crippen LogP contribution in [0.5, 0.6) is 5.75 Å². The molecule has 25 heavy (non-hydrogen) atoms. The molecule has 2 heteroatoms. The van der Waals surface area contributed by atoms with Crippen LogP contribution in [0.25, 0.3) is 0 Å². The summed E-state index contributed by atoms with van der Waals surface area (Å²) in [5.74, 6) is 4.22. The highest BCUT2D eigenvalue weighted by atomic mass is 16.6. The third kappa shape index (κ3) is 4.05.